The molecule has 0 spiro atoms. The third kappa shape index (κ3) is 6.33. The minimum atomic E-state index is -3.02. The van der Waals surface area contributed by atoms with Crippen LogP contribution in [0.3, 0.4) is 0 Å². The van der Waals surface area contributed by atoms with Crippen molar-refractivity contribution in [3.8, 4) is 0 Å². The van der Waals surface area contributed by atoms with Gasteiger partial charge in [-0.15, -0.1) is 0 Å². The van der Waals surface area contributed by atoms with Crippen LogP contribution in [0.5, 0.6) is 0 Å². The molecule has 0 radical (unpaired) electrons. The normalized spacial score (nSPS) is 17.4. The number of pyridine rings is 1. The van der Waals surface area contributed by atoms with Gasteiger partial charge in [-0.25, -0.2) is 13.4 Å². The van der Waals surface area contributed by atoms with Crippen molar-refractivity contribution in [3.05, 3.63) is 58.7 Å². The van der Waals surface area contributed by atoms with Gasteiger partial charge in [-0.05, 0) is 29.7 Å². The lowest BCUT2D eigenvalue weighted by Crippen LogP contribution is -2.44. The van der Waals surface area contributed by atoms with Crippen LogP contribution in [0.25, 0.3) is 0 Å². The molecule has 1 atom stereocenters. The summed E-state index contributed by atoms with van der Waals surface area (Å²) in [5.74, 6) is 1.60. The topological polar surface area (TPSA) is 86.7 Å². The van der Waals surface area contributed by atoms with Crippen LogP contribution in [-0.4, -0.2) is 51.8 Å². The second-order valence-corrected chi connectivity index (χ2v) is 9.74. The first kappa shape index (κ1) is 21.4. The van der Waals surface area contributed by atoms with E-state index in [2.05, 4.69) is 25.5 Å². The molecule has 0 saturated carbocycles. The summed E-state index contributed by atoms with van der Waals surface area (Å²) in [7, 11) is -1.28. The van der Waals surface area contributed by atoms with E-state index in [1.165, 1.54) is 6.26 Å². The Kier molecular flexibility index (Phi) is 6.97. The standard InChI is InChI=1S/C20H26ClN5O2S/c1-22-20(24-12-15-5-7-16(8-6-15)14-29(2,27)28)25-17-9-11-26(13-17)19-18(21)4-3-10-23-19/h3-8,10,17H,9,11-14H2,1-2H3,(H2,22,24,25). The number of aliphatic imine (C=N–C) groups is 1. The summed E-state index contributed by atoms with van der Waals surface area (Å²) in [4.78, 5) is 10.9. The van der Waals surface area contributed by atoms with Crippen LogP contribution < -0.4 is 15.5 Å². The zero-order chi connectivity index (χ0) is 20.9. The molecule has 1 aliphatic heterocycles. The van der Waals surface area contributed by atoms with Crippen molar-refractivity contribution in [2.24, 2.45) is 4.99 Å². The quantitative estimate of drug-likeness (QED) is 0.534. The first-order valence-corrected chi connectivity index (χ1v) is 11.9. The molecule has 156 valence electrons. The second-order valence-electron chi connectivity index (χ2n) is 7.20. The molecule has 2 N–H and O–H groups in total. The summed E-state index contributed by atoms with van der Waals surface area (Å²) in [6.07, 6.45) is 3.96. The van der Waals surface area contributed by atoms with Crippen molar-refractivity contribution < 1.29 is 8.42 Å². The third-order valence-corrected chi connectivity index (χ3v) is 5.86. The molecular weight excluding hydrogens is 410 g/mol. The van der Waals surface area contributed by atoms with Gasteiger partial charge < -0.3 is 15.5 Å². The number of hydrogen-bond donors (Lipinski definition) is 2. The van der Waals surface area contributed by atoms with Gasteiger partial charge in [0.05, 0.1) is 10.8 Å². The number of guanidine groups is 1. The van der Waals surface area contributed by atoms with E-state index in [9.17, 15) is 8.42 Å². The van der Waals surface area contributed by atoms with Crippen LogP contribution in [0.1, 0.15) is 17.5 Å². The highest BCUT2D eigenvalue weighted by Gasteiger charge is 2.25. The number of aromatic nitrogens is 1. The van der Waals surface area contributed by atoms with Crippen molar-refractivity contribution in [2.75, 3.05) is 31.3 Å². The molecule has 1 fully saturated rings. The van der Waals surface area contributed by atoms with Crippen molar-refractivity contribution in [3.63, 3.8) is 0 Å². The molecule has 9 heteroatoms. The number of benzene rings is 1. The Labute approximate surface area is 177 Å². The molecule has 0 aliphatic carbocycles. The zero-order valence-corrected chi connectivity index (χ0v) is 18.2. The fourth-order valence-electron chi connectivity index (χ4n) is 3.31. The Bertz CT molecular complexity index is 963. The van der Waals surface area contributed by atoms with Gasteiger partial charge in [-0.3, -0.25) is 4.99 Å². The molecule has 1 aliphatic rings. The summed E-state index contributed by atoms with van der Waals surface area (Å²) in [6.45, 7) is 2.28. The molecule has 2 heterocycles. The molecule has 1 saturated heterocycles. The Balaban J connectivity index is 1.51. The minimum absolute atomic E-state index is 0.0579. The summed E-state index contributed by atoms with van der Waals surface area (Å²) in [6, 6.07) is 11.5. The molecule has 1 aromatic heterocycles. The van der Waals surface area contributed by atoms with Crippen LogP contribution in [0.4, 0.5) is 5.82 Å². The number of anilines is 1. The van der Waals surface area contributed by atoms with Gasteiger partial charge in [0.1, 0.15) is 5.82 Å². The van der Waals surface area contributed by atoms with E-state index in [0.29, 0.717) is 11.6 Å². The Morgan fingerprint density at radius 3 is 2.66 bits per heavy atom. The van der Waals surface area contributed by atoms with Gasteiger partial charge in [-0.1, -0.05) is 35.9 Å². The first-order chi connectivity index (χ1) is 13.8. The maximum absolute atomic E-state index is 11.4. The molecule has 29 heavy (non-hydrogen) atoms. The lowest BCUT2D eigenvalue weighted by molar-refractivity contribution is 0.601. The van der Waals surface area contributed by atoms with E-state index < -0.39 is 9.84 Å². The maximum Gasteiger partial charge on any atom is 0.191 e. The number of nitrogens with zero attached hydrogens (tertiary/aromatic N) is 3. The number of rotatable bonds is 6. The number of hydrogen-bond acceptors (Lipinski definition) is 5. The average molecular weight is 436 g/mol. The van der Waals surface area contributed by atoms with E-state index in [-0.39, 0.29) is 11.8 Å². The summed E-state index contributed by atoms with van der Waals surface area (Å²) >= 11 is 6.26. The van der Waals surface area contributed by atoms with Gasteiger partial charge in [0.2, 0.25) is 0 Å². The lowest BCUT2D eigenvalue weighted by atomic mass is 10.1. The molecular formula is C20H26ClN5O2S. The molecule has 0 amide bonds. The highest BCUT2D eigenvalue weighted by atomic mass is 35.5. The molecule has 1 unspecified atom stereocenters. The molecule has 0 bridgehead atoms. The fraction of sp³-hybridized carbons (Fsp3) is 0.400. The molecule has 1 aromatic carbocycles. The van der Waals surface area contributed by atoms with E-state index in [0.717, 1.165) is 42.4 Å². The van der Waals surface area contributed by atoms with Crippen LogP contribution in [0.15, 0.2) is 47.6 Å². The van der Waals surface area contributed by atoms with Gasteiger partial charge in [0, 0.05) is 45.2 Å². The third-order valence-electron chi connectivity index (χ3n) is 4.70. The Morgan fingerprint density at radius 2 is 2.00 bits per heavy atom. The minimum Gasteiger partial charge on any atom is -0.353 e. The van der Waals surface area contributed by atoms with E-state index in [1.807, 2.05) is 36.4 Å². The van der Waals surface area contributed by atoms with Crippen LogP contribution in [0.2, 0.25) is 5.02 Å². The fourth-order valence-corrected chi connectivity index (χ4v) is 4.35. The average Bonchev–Trinajstić information content (AvgIpc) is 3.13. The van der Waals surface area contributed by atoms with Gasteiger partial charge >= 0.3 is 0 Å². The van der Waals surface area contributed by atoms with Gasteiger partial charge in [0.15, 0.2) is 15.8 Å². The zero-order valence-electron chi connectivity index (χ0n) is 16.6. The number of halogens is 1. The van der Waals surface area contributed by atoms with E-state index >= 15 is 0 Å². The van der Waals surface area contributed by atoms with Crippen molar-refractivity contribution >= 4 is 33.2 Å². The second kappa shape index (κ2) is 9.45. The number of sulfone groups is 1. The monoisotopic (exact) mass is 435 g/mol. The molecule has 7 nitrogen and oxygen atoms in total. The predicted molar refractivity (Wildman–Crippen MR) is 118 cm³/mol. The van der Waals surface area contributed by atoms with Crippen LogP contribution in [0, 0.1) is 0 Å². The predicted octanol–water partition coefficient (Wildman–Crippen LogP) is 2.22. The van der Waals surface area contributed by atoms with Gasteiger partial charge in [0.25, 0.3) is 0 Å². The van der Waals surface area contributed by atoms with Crippen molar-refractivity contribution in [1.29, 1.82) is 0 Å². The summed E-state index contributed by atoms with van der Waals surface area (Å²) < 4.78 is 22.8. The highest BCUT2D eigenvalue weighted by molar-refractivity contribution is 7.89. The highest BCUT2D eigenvalue weighted by Crippen LogP contribution is 2.25. The smallest absolute Gasteiger partial charge is 0.191 e. The lowest BCUT2D eigenvalue weighted by Gasteiger charge is -2.20. The molecule has 2 aromatic rings. The Hall–Kier alpha value is -2.32. The van der Waals surface area contributed by atoms with Crippen LogP contribution >= 0.6 is 11.6 Å². The van der Waals surface area contributed by atoms with Gasteiger partial charge in [-0.2, -0.15) is 0 Å². The first-order valence-electron chi connectivity index (χ1n) is 9.42. The molecule has 3 rings (SSSR count). The summed E-state index contributed by atoms with van der Waals surface area (Å²) in [5.41, 5.74) is 1.84. The van der Waals surface area contributed by atoms with E-state index in [1.54, 1.807) is 13.2 Å². The number of nitrogens with one attached hydrogen (secondary N) is 2. The van der Waals surface area contributed by atoms with Crippen molar-refractivity contribution in [1.82, 2.24) is 15.6 Å². The SMILES string of the molecule is CN=C(NCc1ccc(CS(C)(=O)=O)cc1)NC1CCN(c2ncccc2Cl)C1. The largest absolute Gasteiger partial charge is 0.353 e. The summed E-state index contributed by atoms with van der Waals surface area (Å²) in [5, 5.41) is 7.41. The maximum atomic E-state index is 11.4. The van der Waals surface area contributed by atoms with E-state index in [4.69, 9.17) is 11.6 Å². The Morgan fingerprint density at radius 1 is 1.28 bits per heavy atom. The van der Waals surface area contributed by atoms with Crippen molar-refractivity contribution in [2.45, 2.75) is 24.8 Å². The van der Waals surface area contributed by atoms with Crippen LogP contribution in [-0.2, 0) is 22.1 Å².